The van der Waals surface area contributed by atoms with Crippen molar-refractivity contribution in [2.24, 2.45) is 13.0 Å². The number of alkyl halides is 3. The van der Waals surface area contributed by atoms with Crippen molar-refractivity contribution in [3.8, 4) is 0 Å². The van der Waals surface area contributed by atoms with E-state index in [1.54, 1.807) is 11.8 Å². The Balaban J connectivity index is 1.53. The van der Waals surface area contributed by atoms with Crippen LogP contribution in [0, 0.1) is 5.92 Å². The summed E-state index contributed by atoms with van der Waals surface area (Å²) in [6.45, 7) is 3.05. The number of nitrogens with zero attached hydrogens (tertiary/aromatic N) is 4. The van der Waals surface area contributed by atoms with Gasteiger partial charge < -0.3 is 9.47 Å². The van der Waals surface area contributed by atoms with Crippen LogP contribution in [-0.4, -0.2) is 43.9 Å². The number of carbonyl (C=O) groups excluding carboxylic acids is 1. The highest BCUT2D eigenvalue weighted by Gasteiger charge is 2.38. The lowest BCUT2D eigenvalue weighted by molar-refractivity contribution is -0.147. The van der Waals surface area contributed by atoms with E-state index in [0.29, 0.717) is 19.0 Å². The highest BCUT2D eigenvalue weighted by atomic mass is 32.2. The summed E-state index contributed by atoms with van der Waals surface area (Å²) in [6.07, 6.45) is -1.69. The molecule has 2 aromatic rings. The molecule has 1 aromatic heterocycles. The van der Waals surface area contributed by atoms with E-state index in [4.69, 9.17) is 0 Å². The van der Waals surface area contributed by atoms with Crippen LogP contribution in [0.3, 0.4) is 0 Å². The number of piperidine rings is 1. The fourth-order valence-electron chi connectivity index (χ4n) is 3.43. The van der Waals surface area contributed by atoms with E-state index in [2.05, 4.69) is 22.3 Å². The second-order valence-electron chi connectivity index (χ2n) is 7.08. The summed E-state index contributed by atoms with van der Waals surface area (Å²) in [5, 5.41) is 6.37. The van der Waals surface area contributed by atoms with E-state index >= 15 is 0 Å². The molecular weight excluding hydrogens is 389 g/mol. The number of amides is 1. The molecule has 1 atom stereocenters. The molecular formula is C19H23F3N4OS. The molecule has 0 spiro atoms. The van der Waals surface area contributed by atoms with Gasteiger partial charge in [-0.3, -0.25) is 4.79 Å². The van der Waals surface area contributed by atoms with Gasteiger partial charge in [-0.15, -0.1) is 10.2 Å². The van der Waals surface area contributed by atoms with Gasteiger partial charge in [0.15, 0.2) is 5.16 Å². The molecule has 1 aromatic carbocycles. The molecule has 9 heteroatoms. The predicted molar refractivity (Wildman–Crippen MR) is 101 cm³/mol. The third kappa shape index (κ3) is 4.87. The van der Waals surface area contributed by atoms with Crippen molar-refractivity contribution >= 4 is 17.7 Å². The largest absolute Gasteiger partial charge is 0.451 e. The number of carbonyl (C=O) groups is 1. The lowest BCUT2D eigenvalue weighted by Gasteiger charge is -2.33. The van der Waals surface area contributed by atoms with Gasteiger partial charge >= 0.3 is 6.18 Å². The Hall–Kier alpha value is -2.03. The van der Waals surface area contributed by atoms with Crippen molar-refractivity contribution in [1.29, 1.82) is 0 Å². The second kappa shape index (κ2) is 8.55. The molecule has 0 radical (unpaired) electrons. The molecule has 0 saturated carbocycles. The Kier molecular flexibility index (Phi) is 6.32. The minimum atomic E-state index is -4.56. The van der Waals surface area contributed by atoms with Crippen LogP contribution >= 0.6 is 11.8 Å². The quantitative estimate of drug-likeness (QED) is 0.701. The zero-order valence-electron chi connectivity index (χ0n) is 15.8. The maximum absolute atomic E-state index is 12.8. The smallest absolute Gasteiger partial charge is 0.342 e. The number of thioether (sulfide) groups is 1. The van der Waals surface area contributed by atoms with Crippen LogP contribution < -0.4 is 0 Å². The molecule has 152 valence electrons. The monoisotopic (exact) mass is 412 g/mol. The second-order valence-corrected chi connectivity index (χ2v) is 8.39. The molecule has 1 aliphatic heterocycles. The first-order valence-electron chi connectivity index (χ1n) is 9.21. The van der Waals surface area contributed by atoms with E-state index in [0.717, 1.165) is 35.6 Å². The van der Waals surface area contributed by atoms with Crippen molar-refractivity contribution < 1.29 is 18.0 Å². The molecule has 0 aliphatic carbocycles. The van der Waals surface area contributed by atoms with Crippen molar-refractivity contribution in [2.45, 2.75) is 42.8 Å². The van der Waals surface area contributed by atoms with Crippen LogP contribution in [0.5, 0.6) is 0 Å². The number of benzene rings is 1. The number of halogens is 3. The van der Waals surface area contributed by atoms with Gasteiger partial charge in [-0.2, -0.15) is 13.2 Å². The first-order chi connectivity index (χ1) is 13.3. The van der Waals surface area contributed by atoms with Crippen molar-refractivity contribution in [1.82, 2.24) is 19.7 Å². The first kappa shape index (κ1) is 20.7. The Bertz CT molecular complexity index is 801. The maximum atomic E-state index is 12.8. The average Bonchev–Trinajstić information content (AvgIpc) is 3.03. The van der Waals surface area contributed by atoms with E-state index in [1.165, 1.54) is 12.6 Å². The van der Waals surface area contributed by atoms with E-state index in [9.17, 15) is 18.0 Å². The van der Waals surface area contributed by atoms with Crippen molar-refractivity contribution in [2.75, 3.05) is 13.1 Å². The highest BCUT2D eigenvalue weighted by molar-refractivity contribution is 8.00. The van der Waals surface area contributed by atoms with Gasteiger partial charge in [-0.1, -0.05) is 42.1 Å². The SMILES string of the molecule is CC(Sc1nnc(C(F)(F)F)n1C)C(=O)N1CCC(Cc2ccccc2)CC1. The number of hydrogen-bond donors (Lipinski definition) is 0. The lowest BCUT2D eigenvalue weighted by Crippen LogP contribution is -2.42. The Labute approximate surface area is 166 Å². The summed E-state index contributed by atoms with van der Waals surface area (Å²) in [6, 6.07) is 10.3. The van der Waals surface area contributed by atoms with E-state index in [1.807, 2.05) is 18.2 Å². The fraction of sp³-hybridized carbons (Fsp3) is 0.526. The number of rotatable bonds is 5. The normalized spacial score (nSPS) is 17.0. The summed E-state index contributed by atoms with van der Waals surface area (Å²) >= 11 is 1.01. The van der Waals surface area contributed by atoms with Crippen molar-refractivity contribution in [3.05, 3.63) is 41.7 Å². The zero-order chi connectivity index (χ0) is 20.3. The Morgan fingerprint density at radius 1 is 1.21 bits per heavy atom. The van der Waals surface area contributed by atoms with Gasteiger partial charge in [0.2, 0.25) is 11.7 Å². The molecule has 2 heterocycles. The fourth-order valence-corrected chi connectivity index (χ4v) is 4.33. The van der Waals surface area contributed by atoms with Crippen molar-refractivity contribution in [3.63, 3.8) is 0 Å². The maximum Gasteiger partial charge on any atom is 0.451 e. The third-order valence-electron chi connectivity index (χ3n) is 5.01. The van der Waals surface area contributed by atoms with Gasteiger partial charge in [-0.25, -0.2) is 0 Å². The Morgan fingerprint density at radius 3 is 2.43 bits per heavy atom. The topological polar surface area (TPSA) is 51.0 Å². The summed E-state index contributed by atoms with van der Waals surface area (Å²) in [5.41, 5.74) is 1.30. The van der Waals surface area contributed by atoms with Gasteiger partial charge in [0.25, 0.3) is 0 Å². The molecule has 1 amide bonds. The van der Waals surface area contributed by atoms with E-state index in [-0.39, 0.29) is 11.1 Å². The molecule has 1 saturated heterocycles. The number of likely N-dealkylation sites (tertiary alicyclic amines) is 1. The highest BCUT2D eigenvalue weighted by Crippen LogP contribution is 2.31. The molecule has 5 nitrogen and oxygen atoms in total. The Morgan fingerprint density at radius 2 is 1.86 bits per heavy atom. The summed E-state index contributed by atoms with van der Waals surface area (Å²) < 4.78 is 39.4. The van der Waals surface area contributed by atoms with E-state index < -0.39 is 17.3 Å². The summed E-state index contributed by atoms with van der Waals surface area (Å²) in [7, 11) is 1.26. The lowest BCUT2D eigenvalue weighted by atomic mass is 9.90. The molecule has 28 heavy (non-hydrogen) atoms. The van der Waals surface area contributed by atoms with Gasteiger partial charge in [0, 0.05) is 20.1 Å². The van der Waals surface area contributed by atoms with Crippen LogP contribution in [0.1, 0.15) is 31.2 Å². The van der Waals surface area contributed by atoms with Crippen LogP contribution in [0.4, 0.5) is 13.2 Å². The standard InChI is InChI=1S/C19H23F3N4OS/c1-13(28-18-24-23-17(25(18)2)19(20,21)22)16(27)26-10-8-15(9-11-26)12-14-6-4-3-5-7-14/h3-7,13,15H,8-12H2,1-2H3. The van der Waals surface area contributed by atoms with Gasteiger partial charge in [0.1, 0.15) is 0 Å². The first-order valence-corrected chi connectivity index (χ1v) is 10.1. The average molecular weight is 412 g/mol. The molecule has 0 N–H and O–H groups in total. The van der Waals surface area contributed by atoms with Crippen LogP contribution in [0.25, 0.3) is 0 Å². The predicted octanol–water partition coefficient (Wildman–Crippen LogP) is 3.80. The molecule has 3 rings (SSSR count). The molecule has 0 bridgehead atoms. The minimum Gasteiger partial charge on any atom is -0.342 e. The van der Waals surface area contributed by atoms with Gasteiger partial charge in [-0.05, 0) is 37.7 Å². The third-order valence-corrected chi connectivity index (χ3v) is 6.13. The number of aromatic nitrogens is 3. The molecule has 1 unspecified atom stereocenters. The zero-order valence-corrected chi connectivity index (χ0v) is 16.6. The van der Waals surface area contributed by atoms with Gasteiger partial charge in [0.05, 0.1) is 5.25 Å². The summed E-state index contributed by atoms with van der Waals surface area (Å²) in [4.78, 5) is 14.5. The molecule has 1 aliphatic rings. The van der Waals surface area contributed by atoms with Crippen LogP contribution in [0.2, 0.25) is 0 Å². The number of hydrogen-bond acceptors (Lipinski definition) is 4. The van der Waals surface area contributed by atoms with Crippen LogP contribution in [0.15, 0.2) is 35.5 Å². The minimum absolute atomic E-state index is 0.0697. The van der Waals surface area contributed by atoms with Crippen LogP contribution in [-0.2, 0) is 24.4 Å². The summed E-state index contributed by atoms with van der Waals surface area (Å²) in [5.74, 6) is -0.585. The molecule has 1 fully saturated rings.